The Morgan fingerprint density at radius 1 is 1.33 bits per heavy atom. The van der Waals surface area contributed by atoms with Gasteiger partial charge >= 0.3 is 5.69 Å². The summed E-state index contributed by atoms with van der Waals surface area (Å²) in [7, 11) is 0. The van der Waals surface area contributed by atoms with Gasteiger partial charge in [-0.25, -0.2) is 5.21 Å². The number of carbonyl (C=O) groups is 1. The van der Waals surface area contributed by atoms with Gasteiger partial charge in [-0.05, 0) is 19.1 Å². The molecule has 0 spiro atoms. The molecule has 4 heteroatoms. The van der Waals surface area contributed by atoms with E-state index in [9.17, 15) is 9.70 Å². The lowest BCUT2D eigenvalue weighted by Crippen LogP contribution is -1.94. The Labute approximate surface area is 69.0 Å². The molecule has 4 nitrogen and oxygen atoms in total. The molecular weight excluding hydrogens is 158 g/mol. The van der Waals surface area contributed by atoms with Gasteiger partial charge < -0.3 is 0 Å². The Kier molecular flexibility index (Phi) is 2.19. The second-order valence-corrected chi connectivity index (χ2v) is 2.38. The van der Waals surface area contributed by atoms with Crippen LogP contribution in [0, 0.1) is 4.91 Å². The number of hydrogen-bond acceptors (Lipinski definition) is 2. The summed E-state index contributed by atoms with van der Waals surface area (Å²) in [5.74, 6) is -0.0723. The molecule has 0 saturated heterocycles. The van der Waals surface area contributed by atoms with Crippen molar-refractivity contribution in [3.63, 3.8) is 0 Å². The van der Waals surface area contributed by atoms with Crippen LogP contribution in [0.15, 0.2) is 24.3 Å². The smallest absolute Gasteiger partial charge is 0.295 e. The fraction of sp³-hybridized carbons (Fsp3) is 0.125. The van der Waals surface area contributed by atoms with E-state index in [0.717, 1.165) is 0 Å². The molecule has 0 aliphatic heterocycles. The van der Waals surface area contributed by atoms with Crippen LogP contribution in [0.4, 0.5) is 5.69 Å². The fourth-order valence-corrected chi connectivity index (χ4v) is 0.824. The highest BCUT2D eigenvalue weighted by atomic mass is 16.6. The largest absolute Gasteiger partial charge is 0.316 e. The van der Waals surface area contributed by atoms with Crippen LogP contribution in [0.25, 0.3) is 0 Å². The molecule has 0 heterocycles. The van der Waals surface area contributed by atoms with Crippen molar-refractivity contribution in [2.45, 2.75) is 6.92 Å². The molecule has 1 aromatic rings. The molecular formula is C8H8NO3+. The highest BCUT2D eigenvalue weighted by Crippen LogP contribution is 2.11. The first-order valence-corrected chi connectivity index (χ1v) is 3.38. The van der Waals surface area contributed by atoms with Crippen LogP contribution >= 0.6 is 0 Å². The maximum Gasteiger partial charge on any atom is 0.316 e. The minimum absolute atomic E-state index is 0.0723. The van der Waals surface area contributed by atoms with Gasteiger partial charge in [0.25, 0.3) is 4.92 Å². The molecule has 0 unspecified atom stereocenters. The quantitative estimate of drug-likeness (QED) is 0.537. The lowest BCUT2D eigenvalue weighted by Gasteiger charge is -1.90. The molecule has 62 valence electrons. The van der Waals surface area contributed by atoms with Crippen molar-refractivity contribution in [2.24, 2.45) is 0 Å². The minimum Gasteiger partial charge on any atom is -0.295 e. The third-order valence-corrected chi connectivity index (χ3v) is 1.49. The fourth-order valence-electron chi connectivity index (χ4n) is 0.824. The molecule has 0 bridgehead atoms. The SMILES string of the molecule is CC(=O)c1ccc([N+](=O)O)cc1. The number of Topliss-reactive ketones (excluding diaryl/α,β-unsaturated/α-hetero) is 1. The topological polar surface area (TPSA) is 57.4 Å². The van der Waals surface area contributed by atoms with Crippen LogP contribution in [0.2, 0.25) is 0 Å². The average molecular weight is 166 g/mol. The van der Waals surface area contributed by atoms with E-state index in [-0.39, 0.29) is 16.4 Å². The summed E-state index contributed by atoms with van der Waals surface area (Å²) in [5, 5.41) is 8.45. The Hall–Kier alpha value is -1.71. The van der Waals surface area contributed by atoms with Gasteiger partial charge in [-0.3, -0.25) is 4.79 Å². The highest BCUT2D eigenvalue weighted by molar-refractivity contribution is 5.94. The number of ketones is 1. The molecule has 0 fully saturated rings. The maximum absolute atomic E-state index is 10.8. The zero-order valence-corrected chi connectivity index (χ0v) is 6.52. The van der Waals surface area contributed by atoms with E-state index >= 15 is 0 Å². The highest BCUT2D eigenvalue weighted by Gasteiger charge is 2.10. The molecule has 0 aliphatic carbocycles. The van der Waals surface area contributed by atoms with Gasteiger partial charge in [0, 0.05) is 17.7 Å². The molecule has 12 heavy (non-hydrogen) atoms. The first-order chi connectivity index (χ1) is 5.61. The van der Waals surface area contributed by atoms with Crippen LogP contribution in [0.1, 0.15) is 17.3 Å². The van der Waals surface area contributed by atoms with E-state index in [2.05, 4.69) is 0 Å². The third-order valence-electron chi connectivity index (χ3n) is 1.49. The second kappa shape index (κ2) is 3.13. The summed E-state index contributed by atoms with van der Waals surface area (Å²) in [6, 6.07) is 5.73. The van der Waals surface area contributed by atoms with E-state index in [4.69, 9.17) is 5.21 Å². The van der Waals surface area contributed by atoms with Gasteiger partial charge in [0.2, 0.25) is 0 Å². The molecule has 0 saturated carbocycles. The van der Waals surface area contributed by atoms with Gasteiger partial charge in [-0.15, -0.1) is 0 Å². The first-order valence-electron chi connectivity index (χ1n) is 3.38. The van der Waals surface area contributed by atoms with Gasteiger partial charge in [-0.1, -0.05) is 0 Å². The van der Waals surface area contributed by atoms with E-state index in [0.29, 0.717) is 5.56 Å². The molecule has 1 N–H and O–H groups in total. The Bertz CT molecular complexity index is 283. The molecule has 1 aromatic carbocycles. The molecule has 0 atom stereocenters. The molecule has 1 rings (SSSR count). The predicted molar refractivity (Wildman–Crippen MR) is 41.5 cm³/mol. The van der Waals surface area contributed by atoms with Gasteiger partial charge in [0.05, 0.1) is 4.91 Å². The average Bonchev–Trinajstić information content (AvgIpc) is 2.04. The van der Waals surface area contributed by atoms with Crippen LogP contribution in [-0.4, -0.2) is 15.9 Å². The van der Waals surface area contributed by atoms with Crippen molar-refractivity contribution in [1.29, 1.82) is 0 Å². The number of rotatable bonds is 2. The number of benzene rings is 1. The van der Waals surface area contributed by atoms with Gasteiger partial charge in [-0.2, -0.15) is 0 Å². The summed E-state index contributed by atoms with van der Waals surface area (Å²) in [6.07, 6.45) is 0. The van der Waals surface area contributed by atoms with E-state index in [1.54, 1.807) is 0 Å². The zero-order chi connectivity index (χ0) is 9.14. The summed E-state index contributed by atoms with van der Waals surface area (Å²) >= 11 is 0. The molecule has 0 aromatic heterocycles. The molecule has 0 aliphatic rings. The number of carbonyl (C=O) groups excluding carboxylic acids is 1. The molecule has 0 radical (unpaired) electrons. The van der Waals surface area contributed by atoms with Crippen LogP contribution in [0.5, 0.6) is 0 Å². The van der Waals surface area contributed by atoms with Gasteiger partial charge in [0.1, 0.15) is 0 Å². The van der Waals surface area contributed by atoms with Gasteiger partial charge in [0.15, 0.2) is 5.78 Å². The lowest BCUT2D eigenvalue weighted by molar-refractivity contribution is -0.729. The normalized spacial score (nSPS) is 9.42. The van der Waals surface area contributed by atoms with Crippen molar-refractivity contribution in [2.75, 3.05) is 0 Å². The van der Waals surface area contributed by atoms with Crippen LogP contribution in [-0.2, 0) is 0 Å². The standard InChI is InChI=1S/C8H8NO3/c1-6(10)7-2-4-8(5-3-7)9(11)12/h2-5H,1H3,(H,11,12)/q+1. The van der Waals surface area contributed by atoms with Crippen molar-refractivity contribution in [3.05, 3.63) is 34.7 Å². The van der Waals surface area contributed by atoms with E-state index < -0.39 is 0 Å². The van der Waals surface area contributed by atoms with E-state index in [1.165, 1.54) is 31.2 Å². The Morgan fingerprint density at radius 2 is 1.83 bits per heavy atom. The van der Waals surface area contributed by atoms with Crippen molar-refractivity contribution >= 4 is 11.5 Å². The number of hydrogen-bond donors (Lipinski definition) is 1. The van der Waals surface area contributed by atoms with Crippen molar-refractivity contribution in [3.8, 4) is 0 Å². The molecule has 0 amide bonds. The summed E-state index contributed by atoms with van der Waals surface area (Å²) in [5.41, 5.74) is 0.626. The number of nitrogens with zero attached hydrogens (tertiary/aromatic N) is 1. The van der Waals surface area contributed by atoms with E-state index in [1.807, 2.05) is 0 Å². The third kappa shape index (κ3) is 1.66. The summed E-state index contributed by atoms with van der Waals surface area (Å²) in [6.45, 7) is 1.43. The predicted octanol–water partition coefficient (Wildman–Crippen LogP) is 1.69. The van der Waals surface area contributed by atoms with Crippen LogP contribution in [0.3, 0.4) is 0 Å². The Balaban J connectivity index is 3.01. The van der Waals surface area contributed by atoms with Crippen LogP contribution < -0.4 is 0 Å². The lowest BCUT2D eigenvalue weighted by atomic mass is 10.1. The first kappa shape index (κ1) is 8.39. The Morgan fingerprint density at radius 3 is 2.17 bits per heavy atom. The second-order valence-electron chi connectivity index (χ2n) is 2.38. The maximum atomic E-state index is 10.8. The minimum atomic E-state index is -0.246. The van der Waals surface area contributed by atoms with Crippen molar-refractivity contribution < 1.29 is 14.9 Å². The zero-order valence-electron chi connectivity index (χ0n) is 6.52. The van der Waals surface area contributed by atoms with Crippen molar-refractivity contribution in [1.82, 2.24) is 0 Å². The summed E-state index contributed by atoms with van der Waals surface area (Å²) in [4.78, 5) is 20.8. The summed E-state index contributed by atoms with van der Waals surface area (Å²) < 4.78 is 0. The monoisotopic (exact) mass is 166 g/mol.